The molecule has 1 aliphatic heterocycles. The van der Waals surface area contributed by atoms with Gasteiger partial charge >= 0.3 is 5.97 Å². The van der Waals surface area contributed by atoms with Crippen LogP contribution in [0.2, 0.25) is 0 Å². The standard InChI is InChI=1S/C6H12N2O2.ClH/c7-6(5(9)10)2-1-3-8-4-6;/h8H,1-4,7H2,(H,9,10);1H. The molecule has 0 aromatic heterocycles. The van der Waals surface area contributed by atoms with Gasteiger partial charge in [0.05, 0.1) is 0 Å². The average Bonchev–Trinajstić information content (AvgIpc) is 1.89. The molecule has 66 valence electrons. The van der Waals surface area contributed by atoms with E-state index in [4.69, 9.17) is 10.8 Å². The van der Waals surface area contributed by atoms with Crippen LogP contribution in [0.25, 0.3) is 0 Å². The summed E-state index contributed by atoms with van der Waals surface area (Å²) in [7, 11) is 0. The Labute approximate surface area is 71.6 Å². The first-order valence-electron chi connectivity index (χ1n) is 3.38. The van der Waals surface area contributed by atoms with Gasteiger partial charge in [-0.2, -0.15) is 0 Å². The molecule has 0 radical (unpaired) electrons. The van der Waals surface area contributed by atoms with Gasteiger partial charge in [-0.3, -0.25) is 4.79 Å². The van der Waals surface area contributed by atoms with Gasteiger partial charge in [0.25, 0.3) is 0 Å². The number of nitrogens with one attached hydrogen (secondary N) is 1. The second-order valence-electron chi connectivity index (χ2n) is 2.74. The highest BCUT2D eigenvalue weighted by molar-refractivity contribution is 5.85. The SMILES string of the molecule is Cl.NC1(C(=O)O)CCCNC1. The van der Waals surface area contributed by atoms with Gasteiger partial charge < -0.3 is 16.2 Å². The summed E-state index contributed by atoms with van der Waals surface area (Å²) < 4.78 is 0. The van der Waals surface area contributed by atoms with Crippen molar-refractivity contribution < 1.29 is 9.90 Å². The Balaban J connectivity index is 0.000001000. The lowest BCUT2D eigenvalue weighted by atomic mass is 9.92. The Morgan fingerprint density at radius 2 is 2.27 bits per heavy atom. The Bertz CT molecular complexity index is 146. The first kappa shape index (κ1) is 10.7. The lowest BCUT2D eigenvalue weighted by Gasteiger charge is -2.29. The van der Waals surface area contributed by atoms with E-state index in [1.165, 1.54) is 0 Å². The highest BCUT2D eigenvalue weighted by Gasteiger charge is 2.34. The van der Waals surface area contributed by atoms with Crippen LogP contribution in [-0.2, 0) is 4.79 Å². The number of carboxylic acids is 1. The minimum Gasteiger partial charge on any atom is -0.480 e. The van der Waals surface area contributed by atoms with Gasteiger partial charge in [0.2, 0.25) is 0 Å². The van der Waals surface area contributed by atoms with Crippen LogP contribution in [0.5, 0.6) is 0 Å². The van der Waals surface area contributed by atoms with Gasteiger partial charge in [-0.25, -0.2) is 0 Å². The molecule has 1 fully saturated rings. The third kappa shape index (κ3) is 2.32. The number of piperidine rings is 1. The molecule has 1 heterocycles. The predicted molar refractivity (Wildman–Crippen MR) is 43.9 cm³/mol. The number of nitrogens with two attached hydrogens (primary N) is 1. The summed E-state index contributed by atoms with van der Waals surface area (Å²) >= 11 is 0. The van der Waals surface area contributed by atoms with Crippen molar-refractivity contribution in [1.82, 2.24) is 5.32 Å². The van der Waals surface area contributed by atoms with Crippen molar-refractivity contribution in [2.75, 3.05) is 13.1 Å². The summed E-state index contributed by atoms with van der Waals surface area (Å²) in [6, 6.07) is 0. The van der Waals surface area contributed by atoms with Gasteiger partial charge in [0.15, 0.2) is 0 Å². The molecule has 0 spiro atoms. The van der Waals surface area contributed by atoms with E-state index < -0.39 is 11.5 Å². The van der Waals surface area contributed by atoms with Crippen molar-refractivity contribution in [3.05, 3.63) is 0 Å². The third-order valence-corrected chi connectivity index (χ3v) is 1.84. The zero-order chi connectivity index (χ0) is 7.61. The van der Waals surface area contributed by atoms with Gasteiger partial charge in [0, 0.05) is 6.54 Å². The molecule has 0 saturated carbocycles. The van der Waals surface area contributed by atoms with E-state index in [-0.39, 0.29) is 12.4 Å². The van der Waals surface area contributed by atoms with Gasteiger partial charge in [-0.15, -0.1) is 12.4 Å². The number of carboxylic acid groups (broad SMARTS) is 1. The molecule has 0 aromatic rings. The van der Waals surface area contributed by atoms with E-state index in [9.17, 15) is 4.79 Å². The van der Waals surface area contributed by atoms with Gasteiger partial charge in [-0.1, -0.05) is 0 Å². The lowest BCUT2D eigenvalue weighted by molar-refractivity contribution is -0.143. The predicted octanol–water partition coefficient (Wildman–Crippen LogP) is -0.426. The maximum Gasteiger partial charge on any atom is 0.325 e. The second-order valence-corrected chi connectivity index (χ2v) is 2.74. The van der Waals surface area contributed by atoms with E-state index >= 15 is 0 Å². The smallest absolute Gasteiger partial charge is 0.325 e. The van der Waals surface area contributed by atoms with E-state index in [2.05, 4.69) is 5.32 Å². The zero-order valence-corrected chi connectivity index (χ0v) is 6.99. The molecule has 0 amide bonds. The van der Waals surface area contributed by atoms with Crippen molar-refractivity contribution in [3.8, 4) is 0 Å². The highest BCUT2D eigenvalue weighted by atomic mass is 35.5. The topological polar surface area (TPSA) is 75.4 Å². The van der Waals surface area contributed by atoms with Crippen molar-refractivity contribution in [2.45, 2.75) is 18.4 Å². The Morgan fingerprint density at radius 3 is 2.55 bits per heavy atom. The van der Waals surface area contributed by atoms with Crippen LogP contribution < -0.4 is 11.1 Å². The molecule has 1 saturated heterocycles. The number of hydrogen-bond donors (Lipinski definition) is 3. The minimum absolute atomic E-state index is 0. The Morgan fingerprint density at radius 1 is 1.64 bits per heavy atom. The summed E-state index contributed by atoms with van der Waals surface area (Å²) in [6.45, 7) is 1.27. The number of halogens is 1. The fraction of sp³-hybridized carbons (Fsp3) is 0.833. The van der Waals surface area contributed by atoms with Gasteiger partial charge in [0.1, 0.15) is 5.54 Å². The van der Waals surface area contributed by atoms with Crippen molar-refractivity contribution in [1.29, 1.82) is 0 Å². The molecule has 5 heteroatoms. The number of carbonyl (C=O) groups is 1. The fourth-order valence-corrected chi connectivity index (χ4v) is 1.11. The van der Waals surface area contributed by atoms with E-state index in [0.29, 0.717) is 13.0 Å². The van der Waals surface area contributed by atoms with Crippen LogP contribution in [0.3, 0.4) is 0 Å². The maximum absolute atomic E-state index is 10.5. The van der Waals surface area contributed by atoms with Crippen LogP contribution in [0, 0.1) is 0 Å². The summed E-state index contributed by atoms with van der Waals surface area (Å²) in [5.74, 6) is -0.903. The molecule has 1 rings (SSSR count). The molecule has 1 unspecified atom stereocenters. The molecule has 0 bridgehead atoms. The summed E-state index contributed by atoms with van der Waals surface area (Å²) in [5, 5.41) is 11.6. The fourth-order valence-electron chi connectivity index (χ4n) is 1.11. The third-order valence-electron chi connectivity index (χ3n) is 1.84. The highest BCUT2D eigenvalue weighted by Crippen LogP contribution is 2.12. The van der Waals surface area contributed by atoms with E-state index in [0.717, 1.165) is 13.0 Å². The summed E-state index contributed by atoms with van der Waals surface area (Å²) in [6.07, 6.45) is 1.43. The van der Waals surface area contributed by atoms with Crippen molar-refractivity contribution in [2.24, 2.45) is 5.73 Å². The number of aliphatic carboxylic acids is 1. The molecule has 11 heavy (non-hydrogen) atoms. The molecule has 4 nitrogen and oxygen atoms in total. The molecule has 1 aliphatic rings. The minimum atomic E-state index is -1.02. The molecule has 1 atom stereocenters. The largest absolute Gasteiger partial charge is 0.480 e. The first-order valence-corrected chi connectivity index (χ1v) is 3.38. The van der Waals surface area contributed by atoms with Crippen LogP contribution in [0.1, 0.15) is 12.8 Å². The van der Waals surface area contributed by atoms with Crippen LogP contribution in [0.4, 0.5) is 0 Å². The van der Waals surface area contributed by atoms with Gasteiger partial charge in [-0.05, 0) is 19.4 Å². The normalized spacial score (nSPS) is 30.6. The van der Waals surface area contributed by atoms with E-state index in [1.807, 2.05) is 0 Å². The zero-order valence-electron chi connectivity index (χ0n) is 6.17. The maximum atomic E-state index is 10.5. The molecule has 4 N–H and O–H groups in total. The number of rotatable bonds is 1. The second kappa shape index (κ2) is 3.90. The van der Waals surface area contributed by atoms with Crippen LogP contribution in [0.15, 0.2) is 0 Å². The quantitative estimate of drug-likeness (QED) is 0.512. The van der Waals surface area contributed by atoms with Crippen molar-refractivity contribution in [3.63, 3.8) is 0 Å². The number of hydrogen-bond acceptors (Lipinski definition) is 3. The molecule has 0 aliphatic carbocycles. The Kier molecular flexibility index (Phi) is 3.78. The summed E-state index contributed by atoms with van der Waals surface area (Å²) in [4.78, 5) is 10.5. The van der Waals surface area contributed by atoms with Crippen molar-refractivity contribution >= 4 is 18.4 Å². The molecular weight excluding hydrogens is 168 g/mol. The average molecular weight is 181 g/mol. The van der Waals surface area contributed by atoms with Crippen LogP contribution in [-0.4, -0.2) is 29.7 Å². The van der Waals surface area contributed by atoms with E-state index in [1.54, 1.807) is 0 Å². The lowest BCUT2D eigenvalue weighted by Crippen LogP contribution is -2.58. The Hall–Kier alpha value is -0.320. The monoisotopic (exact) mass is 180 g/mol. The first-order chi connectivity index (χ1) is 4.65. The molecule has 0 aromatic carbocycles. The summed E-state index contributed by atoms with van der Waals surface area (Å²) in [5.41, 5.74) is 4.52. The molecular formula is C6H13ClN2O2. The van der Waals surface area contributed by atoms with Crippen LogP contribution >= 0.6 is 12.4 Å².